The van der Waals surface area contributed by atoms with Crippen LogP contribution in [-0.2, 0) is 63.0 Å². The van der Waals surface area contributed by atoms with Crippen molar-refractivity contribution >= 4 is 46.6 Å². The van der Waals surface area contributed by atoms with Gasteiger partial charge in [0.1, 0.15) is 0 Å². The van der Waals surface area contributed by atoms with Crippen molar-refractivity contribution in [1.82, 2.24) is 0 Å². The van der Waals surface area contributed by atoms with Gasteiger partial charge in [-0.05, 0) is 0 Å². The largest absolute Gasteiger partial charge is 0.748 e. The van der Waals surface area contributed by atoms with Crippen LogP contribution in [0.5, 0.6) is 0 Å². The molecule has 2 aromatic carbocycles. The van der Waals surface area contributed by atoms with E-state index >= 15 is 0 Å². The van der Waals surface area contributed by atoms with Crippen LogP contribution in [0.1, 0.15) is 0 Å². The molecule has 0 aromatic heterocycles. The maximum Gasteiger partial charge on any atom is -0.172 e. The summed E-state index contributed by atoms with van der Waals surface area (Å²) in [5, 5.41) is 0. The molecular formula is C10H12Mo2S4-8. The number of hydrogen-bond donors (Lipinski definition) is 0. The fraction of sp³-hybridized carbons (Fsp3) is 0. The van der Waals surface area contributed by atoms with Gasteiger partial charge in [0.05, 0.1) is 0 Å². The van der Waals surface area contributed by atoms with Crippen LogP contribution in [0.15, 0.2) is 60.7 Å². The zero-order chi connectivity index (χ0) is 11.1. The van der Waals surface area contributed by atoms with Crippen LogP contribution >= 0.6 is 19.6 Å². The van der Waals surface area contributed by atoms with E-state index in [1.807, 2.05) is 60.7 Å². The molecule has 0 fully saturated rings. The van der Waals surface area contributed by atoms with Crippen molar-refractivity contribution in [2.75, 3.05) is 0 Å². The molecule has 2 rings (SSSR count). The Morgan fingerprint density at radius 1 is 0.625 bits per heavy atom. The van der Waals surface area contributed by atoms with Crippen LogP contribution in [0.4, 0.5) is 0 Å². The molecule has 16 heavy (non-hydrogen) atoms. The van der Waals surface area contributed by atoms with Crippen LogP contribution in [0, 0.1) is 0 Å². The van der Waals surface area contributed by atoms with Gasteiger partial charge in [-0.25, -0.2) is 12.1 Å². The van der Waals surface area contributed by atoms with Gasteiger partial charge in [0, 0.05) is 0 Å². The molecule has 0 atom stereocenters. The third-order valence-electron chi connectivity index (χ3n) is 1.11. The van der Waals surface area contributed by atoms with Gasteiger partial charge < -0.3 is 57.3 Å². The Hall–Kier alpha value is 1.22. The normalized spacial score (nSPS) is 5.50. The third kappa shape index (κ3) is 24.4. The fourth-order valence-electron chi connectivity index (χ4n) is 0.642. The molecule has 0 saturated heterocycles. The van der Waals surface area contributed by atoms with Gasteiger partial charge in [-0.1, -0.05) is 0 Å². The summed E-state index contributed by atoms with van der Waals surface area (Å²) in [7, 11) is 8.19. The van der Waals surface area contributed by atoms with E-state index in [-0.39, 0.29) is 27.0 Å². The van der Waals surface area contributed by atoms with Crippen molar-refractivity contribution in [2.45, 2.75) is 0 Å². The monoisotopic (exact) mass is 456 g/mol. The quantitative estimate of drug-likeness (QED) is 0.259. The van der Waals surface area contributed by atoms with E-state index in [9.17, 15) is 0 Å². The molecule has 6 heteroatoms. The van der Waals surface area contributed by atoms with Gasteiger partial charge in [-0.2, -0.15) is 18.2 Å². The summed E-state index contributed by atoms with van der Waals surface area (Å²) in [4.78, 5) is 0. The van der Waals surface area contributed by atoms with Crippen LogP contribution in [0.25, 0.3) is 0 Å². The first-order valence-corrected chi connectivity index (χ1v) is 9.25. The first-order chi connectivity index (χ1) is 7.00. The van der Waals surface area contributed by atoms with E-state index in [0.29, 0.717) is 0 Å². The molecule has 0 aliphatic rings. The Bertz CT molecular complexity index is 183. The molecule has 96 valence electrons. The van der Waals surface area contributed by atoms with E-state index in [1.54, 1.807) is 0 Å². The average molecular weight is 452 g/mol. The maximum atomic E-state index is 4.09. The average Bonchev–Trinajstić information content (AvgIpc) is 3.01. The van der Waals surface area contributed by atoms with E-state index in [4.69, 9.17) is 0 Å². The van der Waals surface area contributed by atoms with Crippen LogP contribution < -0.4 is 0 Å². The minimum Gasteiger partial charge on any atom is -0.748 e. The Morgan fingerprint density at radius 3 is 1.00 bits per heavy atom. The zero-order valence-corrected chi connectivity index (χ0v) is 15.7. The van der Waals surface area contributed by atoms with E-state index < -0.39 is 0 Å². The van der Waals surface area contributed by atoms with Crippen molar-refractivity contribution in [1.29, 1.82) is 0 Å². The smallest absolute Gasteiger partial charge is 0.172 e. The van der Waals surface area contributed by atoms with E-state index in [2.05, 4.69) is 19.6 Å². The van der Waals surface area contributed by atoms with Gasteiger partial charge in [0.15, 0.2) is 0 Å². The number of thiol groups is 2. The summed E-state index contributed by atoms with van der Waals surface area (Å²) < 4.78 is 0. The van der Waals surface area contributed by atoms with Crippen molar-refractivity contribution in [3.05, 3.63) is 60.7 Å². The first kappa shape index (κ1) is 25.9. The molecule has 0 heterocycles. The standard InChI is InChI=1S/2C5H5.2Mo.2H2S.2S/c2*1-2-4-5-3-1;;;;;;/h2*1-5H;;;2*1H2;;/q-5;-1;;;;;;/p-2. The van der Waals surface area contributed by atoms with Gasteiger partial charge in [-0.3, -0.25) is 0 Å². The van der Waals surface area contributed by atoms with Crippen LogP contribution in [0.2, 0.25) is 0 Å². The SMILES string of the molecule is [SH-].[SH-].[S]=[Mo].[S]=[Mo].[cH-]1[cH-][cH-][cH-][cH-]1.c1cc[cH-]c1. The predicted molar refractivity (Wildman–Crippen MR) is 76.8 cm³/mol. The minimum absolute atomic E-state index is 0. The predicted octanol–water partition coefficient (Wildman–Crippen LogP) is 3.56. The van der Waals surface area contributed by atoms with Gasteiger partial charge in [0.2, 0.25) is 0 Å². The van der Waals surface area contributed by atoms with Gasteiger partial charge in [-0.15, -0.1) is 0 Å². The summed E-state index contributed by atoms with van der Waals surface area (Å²) in [6, 6.07) is 20.0. The second-order valence-corrected chi connectivity index (χ2v) is 1.92. The van der Waals surface area contributed by atoms with E-state index in [1.165, 1.54) is 36.0 Å². The zero-order valence-electron chi connectivity index (χ0n) is 8.30. The van der Waals surface area contributed by atoms with Crippen molar-refractivity contribution in [2.24, 2.45) is 0 Å². The molecule has 0 radical (unpaired) electrons. The topological polar surface area (TPSA) is 0 Å². The molecule has 0 unspecified atom stereocenters. The maximum absolute atomic E-state index is 4.09. The molecular weight excluding hydrogens is 440 g/mol. The molecule has 2 aromatic rings. The van der Waals surface area contributed by atoms with Crippen LogP contribution in [0.3, 0.4) is 0 Å². The molecule has 0 bridgehead atoms. The molecule has 0 N–H and O–H groups in total. The molecule has 0 aliphatic carbocycles. The number of hydrogen-bond acceptors (Lipinski definition) is 4. The van der Waals surface area contributed by atoms with Crippen molar-refractivity contribution in [3.8, 4) is 0 Å². The first-order valence-electron chi connectivity index (χ1n) is 3.67. The second-order valence-electron chi connectivity index (χ2n) is 1.92. The van der Waals surface area contributed by atoms with Crippen LogP contribution in [-0.4, -0.2) is 0 Å². The third-order valence-corrected chi connectivity index (χ3v) is 1.11. The molecule has 0 aliphatic heterocycles. The van der Waals surface area contributed by atoms with Gasteiger partial charge in [0.25, 0.3) is 0 Å². The van der Waals surface area contributed by atoms with Gasteiger partial charge >= 0.3 is 55.6 Å². The van der Waals surface area contributed by atoms with Crippen molar-refractivity contribution in [3.63, 3.8) is 0 Å². The minimum atomic E-state index is 0. The summed E-state index contributed by atoms with van der Waals surface area (Å²) >= 11 is 3.07. The summed E-state index contributed by atoms with van der Waals surface area (Å²) in [5.41, 5.74) is 0. The summed E-state index contributed by atoms with van der Waals surface area (Å²) in [5.74, 6) is 0. The number of rotatable bonds is 0. The van der Waals surface area contributed by atoms with E-state index in [0.717, 1.165) is 0 Å². The Kier molecular flexibility index (Phi) is 48.3. The molecule has 0 saturated carbocycles. The molecule has 0 nitrogen and oxygen atoms in total. The van der Waals surface area contributed by atoms with Crippen molar-refractivity contribution < 1.29 is 36.0 Å². The second kappa shape index (κ2) is 29.8. The fourth-order valence-corrected chi connectivity index (χ4v) is 0.642. The summed E-state index contributed by atoms with van der Waals surface area (Å²) in [6.45, 7) is 0. The molecule has 0 amide bonds. The Morgan fingerprint density at radius 2 is 0.875 bits per heavy atom. The Labute approximate surface area is 142 Å². The Balaban J connectivity index is -0.0000000631. The molecule has 0 spiro atoms. The summed E-state index contributed by atoms with van der Waals surface area (Å²) in [6.07, 6.45) is 0.